The molecule has 0 unspecified atom stereocenters. The molecule has 16 heavy (non-hydrogen) atoms. The van der Waals surface area contributed by atoms with E-state index >= 15 is 0 Å². The molecule has 0 bridgehead atoms. The van der Waals surface area contributed by atoms with Gasteiger partial charge in [-0.1, -0.05) is 0 Å². The second-order valence-electron chi connectivity index (χ2n) is 1.60. The van der Waals surface area contributed by atoms with Crippen LogP contribution in [0.25, 0.3) is 0 Å². The molecule has 0 atom stereocenters. The molecule has 0 aliphatic rings. The molecule has 0 aromatic heterocycles. The molecular weight excluding hydrogens is 341 g/mol. The molecule has 0 heterocycles. The van der Waals surface area contributed by atoms with E-state index in [-0.39, 0.29) is 44.3 Å². The Hall–Kier alpha value is 2.02. The summed E-state index contributed by atoms with van der Waals surface area (Å²) in [5, 5.41) is 7.88. The molecule has 9 nitrogen and oxygen atoms in total. The summed E-state index contributed by atoms with van der Waals surface area (Å²) in [5.74, 6) is 0. The van der Waals surface area contributed by atoms with Crippen molar-refractivity contribution in [3.63, 3.8) is 0 Å². The Bertz CT molecular complexity index is 187. The normalized spacial score (nSPS) is 10.4. The maximum atomic E-state index is 8.88. The first-order valence-electron chi connectivity index (χ1n) is 2.73. The van der Waals surface area contributed by atoms with Gasteiger partial charge in [0, 0.05) is 0 Å². The van der Waals surface area contributed by atoms with Crippen molar-refractivity contribution in [1.82, 2.24) is 0 Å². The zero-order valence-electron chi connectivity index (χ0n) is 6.88. The number of hydrogen-bond donors (Lipinski definition) is 7. The summed E-state index contributed by atoms with van der Waals surface area (Å²) >= 11 is 9.96. The number of aliphatic hydroxyl groups is 1. The number of halogens is 2. The van der Waals surface area contributed by atoms with Crippen molar-refractivity contribution in [1.29, 1.82) is 0 Å². The monoisotopic (exact) mass is 352 g/mol. The van der Waals surface area contributed by atoms with Crippen LogP contribution in [0, 0.1) is 0 Å². The number of rotatable bonds is 1. The first-order valence-corrected chi connectivity index (χ1v) is 6.73. The van der Waals surface area contributed by atoms with Gasteiger partial charge in [-0.05, 0) is 0 Å². The average Bonchev–Trinajstić information content (AvgIpc) is 1.79. The summed E-state index contributed by atoms with van der Waals surface area (Å²) < 4.78 is 17.8. The van der Waals surface area contributed by atoms with Gasteiger partial charge in [-0.25, -0.2) is 9.13 Å². The average molecular weight is 353 g/mol. The van der Waals surface area contributed by atoms with Crippen molar-refractivity contribution in [3.8, 4) is 0 Å². The van der Waals surface area contributed by atoms with Gasteiger partial charge in [-0.2, -0.15) is 0 Å². The summed E-state index contributed by atoms with van der Waals surface area (Å²) in [6.45, 7) is -0.164. The molecule has 14 heteroatoms. The van der Waals surface area contributed by atoms with Gasteiger partial charge in [0.05, 0.1) is 6.61 Å². The van der Waals surface area contributed by atoms with Crippen molar-refractivity contribution >= 4 is 76.6 Å². The standard InChI is InChI=1S/C2H4Cl2O.Ca.2H3O4P.2H/c3-2(4)1-5;;2*1-5(2,3)4;;/h2,5H,1H2;;2*(H3,1,2,3,4);;. The molecule has 0 aromatic rings. The van der Waals surface area contributed by atoms with E-state index in [1.807, 2.05) is 0 Å². The van der Waals surface area contributed by atoms with Gasteiger partial charge in [-0.3, -0.25) is 0 Å². The summed E-state index contributed by atoms with van der Waals surface area (Å²) in [6, 6.07) is 0. The SMILES string of the molecule is O=P(O)(O)O.O=P(O)(O)O.OCC(Cl)Cl.[CaH2]. The van der Waals surface area contributed by atoms with Gasteiger partial charge in [0.25, 0.3) is 0 Å². The van der Waals surface area contributed by atoms with Crippen molar-refractivity contribution in [2.24, 2.45) is 0 Å². The Morgan fingerprint density at radius 2 is 0.938 bits per heavy atom. The fraction of sp³-hybridized carbons (Fsp3) is 1.00. The molecule has 0 aliphatic heterocycles. The summed E-state index contributed by atoms with van der Waals surface area (Å²) in [5.41, 5.74) is 0. The number of alkyl halides is 2. The van der Waals surface area contributed by atoms with E-state index < -0.39 is 20.5 Å². The van der Waals surface area contributed by atoms with Crippen LogP contribution < -0.4 is 0 Å². The second kappa shape index (κ2) is 13.5. The van der Waals surface area contributed by atoms with Crippen LogP contribution in [0.1, 0.15) is 0 Å². The molecule has 7 N–H and O–H groups in total. The second-order valence-corrected chi connectivity index (χ2v) is 4.93. The van der Waals surface area contributed by atoms with Crippen LogP contribution in [0.4, 0.5) is 0 Å². The minimum atomic E-state index is -4.64. The van der Waals surface area contributed by atoms with Gasteiger partial charge < -0.3 is 34.5 Å². The molecule has 0 radical (unpaired) electrons. The van der Waals surface area contributed by atoms with Crippen LogP contribution in [0.2, 0.25) is 0 Å². The van der Waals surface area contributed by atoms with E-state index in [1.165, 1.54) is 0 Å². The predicted octanol–water partition coefficient (Wildman–Crippen LogP) is -1.99. The molecule has 0 fully saturated rings. The van der Waals surface area contributed by atoms with Crippen molar-refractivity contribution in [3.05, 3.63) is 0 Å². The van der Waals surface area contributed by atoms with Gasteiger partial charge in [0.15, 0.2) is 0 Å². The molecule has 0 aromatic carbocycles. The Balaban J connectivity index is -0.0000000655. The quantitative estimate of drug-likeness (QED) is 0.160. The van der Waals surface area contributed by atoms with Crippen LogP contribution in [0.15, 0.2) is 0 Å². The molecule has 0 aliphatic carbocycles. The Morgan fingerprint density at radius 3 is 0.938 bits per heavy atom. The number of aliphatic hydroxyl groups excluding tert-OH is 1. The van der Waals surface area contributed by atoms with Crippen molar-refractivity contribution < 1.29 is 43.6 Å². The van der Waals surface area contributed by atoms with E-state index in [1.54, 1.807) is 0 Å². The summed E-state index contributed by atoms with van der Waals surface area (Å²) in [7, 11) is -9.28. The number of phosphoric acid groups is 2. The fourth-order valence-electron chi connectivity index (χ4n) is 0. The predicted molar refractivity (Wildman–Crippen MR) is 59.6 cm³/mol. The molecule has 0 saturated heterocycles. The summed E-state index contributed by atoms with van der Waals surface area (Å²) in [6.07, 6.45) is 0. The van der Waals surface area contributed by atoms with Crippen LogP contribution in [0.3, 0.4) is 0 Å². The molecule has 0 spiro atoms. The molecular formula is C2H12CaCl2O9P2. The third kappa shape index (κ3) is 224. The zero-order valence-corrected chi connectivity index (χ0v) is 10.2. The van der Waals surface area contributed by atoms with Crippen LogP contribution in [-0.4, -0.2) is 83.6 Å². The van der Waals surface area contributed by atoms with Crippen molar-refractivity contribution in [2.75, 3.05) is 6.61 Å². The number of hydrogen-bond acceptors (Lipinski definition) is 3. The maximum absolute atomic E-state index is 8.88. The van der Waals surface area contributed by atoms with E-state index in [4.69, 9.17) is 66.8 Å². The van der Waals surface area contributed by atoms with Gasteiger partial charge >= 0.3 is 53.4 Å². The first-order chi connectivity index (χ1) is 6.27. The van der Waals surface area contributed by atoms with Gasteiger partial charge in [-0.15, -0.1) is 23.2 Å². The third-order valence-corrected chi connectivity index (χ3v) is 0.414. The molecule has 100 valence electrons. The van der Waals surface area contributed by atoms with E-state index in [9.17, 15) is 0 Å². The van der Waals surface area contributed by atoms with E-state index in [0.717, 1.165) is 0 Å². The first kappa shape index (κ1) is 26.6. The van der Waals surface area contributed by atoms with E-state index in [0.29, 0.717) is 0 Å². The van der Waals surface area contributed by atoms with Crippen LogP contribution in [-0.2, 0) is 9.13 Å². The minimum absolute atomic E-state index is 0. The topological polar surface area (TPSA) is 176 Å². The summed E-state index contributed by atoms with van der Waals surface area (Å²) in [4.78, 5) is 42.5. The van der Waals surface area contributed by atoms with Gasteiger partial charge in [0.2, 0.25) is 0 Å². The molecule has 0 saturated carbocycles. The third-order valence-electron chi connectivity index (χ3n) is 0.138. The van der Waals surface area contributed by atoms with Crippen LogP contribution >= 0.6 is 38.8 Å². The van der Waals surface area contributed by atoms with Crippen molar-refractivity contribution in [2.45, 2.75) is 4.84 Å². The molecule has 0 amide bonds. The zero-order chi connectivity index (χ0) is 13.3. The van der Waals surface area contributed by atoms with E-state index in [2.05, 4.69) is 0 Å². The Morgan fingerprint density at radius 1 is 0.875 bits per heavy atom. The Labute approximate surface area is 130 Å². The van der Waals surface area contributed by atoms with Crippen LogP contribution in [0.5, 0.6) is 0 Å². The van der Waals surface area contributed by atoms with Gasteiger partial charge in [0.1, 0.15) is 4.84 Å². The Kier molecular flexibility index (Phi) is 22.3. The fourth-order valence-corrected chi connectivity index (χ4v) is 0. The molecule has 0 rings (SSSR count).